The van der Waals surface area contributed by atoms with E-state index in [2.05, 4.69) is 64.9 Å². The molecule has 0 bridgehead atoms. The number of fused-ring (bicyclic) bond motifs is 2. The first-order valence-corrected chi connectivity index (χ1v) is 22.5. The minimum atomic E-state index is -1.03. The number of amides is 4. The van der Waals surface area contributed by atoms with E-state index in [0.717, 1.165) is 101 Å². The molecule has 0 aliphatic carbocycles. The molecule has 0 spiro atoms. The Kier molecular flexibility index (Phi) is 11.0. The lowest BCUT2D eigenvalue weighted by Gasteiger charge is -2.43. The van der Waals surface area contributed by atoms with Gasteiger partial charge < -0.3 is 19.7 Å². The summed E-state index contributed by atoms with van der Waals surface area (Å²) in [7, 11) is 0. The largest absolute Gasteiger partial charge is 0.374 e. The van der Waals surface area contributed by atoms with Gasteiger partial charge in [-0.3, -0.25) is 39.6 Å². The van der Waals surface area contributed by atoms with Crippen molar-refractivity contribution in [2.75, 3.05) is 54.8 Å². The summed E-state index contributed by atoms with van der Waals surface area (Å²) in [5.41, 5.74) is 6.69. The highest BCUT2D eigenvalue weighted by Crippen LogP contribution is 2.38. The molecule has 5 aliphatic heterocycles. The maximum atomic E-state index is 16.0. The number of rotatable bonds is 11. The van der Waals surface area contributed by atoms with Crippen molar-refractivity contribution in [3.05, 3.63) is 112 Å². The van der Waals surface area contributed by atoms with E-state index in [0.29, 0.717) is 35.3 Å². The molecule has 3 N–H and O–H groups in total. The number of halogens is 1. The number of benzene rings is 3. The van der Waals surface area contributed by atoms with Gasteiger partial charge in [-0.1, -0.05) is 24.3 Å². The van der Waals surface area contributed by atoms with Crippen LogP contribution in [0.25, 0.3) is 11.1 Å². The van der Waals surface area contributed by atoms with Gasteiger partial charge in [0.25, 0.3) is 11.8 Å². The Morgan fingerprint density at radius 3 is 2.42 bits per heavy atom. The standard InChI is InChI=1S/C46H49FN10O4S/c47-37-25-31(24-35-36(37)27-57(45(35)61)42(44(60)52-46-48-15-23-62-46)41-39-2-1-16-56(39)28-49-41)30-5-9-33(10-6-30)54-17-13-34(14-18-54)55-21-19-53(20-22-55)26-29-3-7-32(8-4-29)50-38-11-12-40(58)51-43(38)59/h3-10,15,23-25,28,34,38,42,50H,1-2,11-14,16-22,26-27H2,(H,48,52,60)(H,51,58,59). The normalized spacial score (nSPS) is 20.3. The van der Waals surface area contributed by atoms with Crippen molar-refractivity contribution < 1.29 is 23.6 Å². The number of nitrogens with one attached hydrogen (secondary N) is 3. The molecule has 5 aliphatic rings. The summed E-state index contributed by atoms with van der Waals surface area (Å²) >= 11 is 1.29. The van der Waals surface area contributed by atoms with Gasteiger partial charge in [0.15, 0.2) is 11.2 Å². The van der Waals surface area contributed by atoms with Crippen molar-refractivity contribution in [2.45, 2.75) is 76.3 Å². The first-order valence-electron chi connectivity index (χ1n) is 21.6. The fourth-order valence-corrected chi connectivity index (χ4v) is 10.3. The smallest absolute Gasteiger partial charge is 0.255 e. The van der Waals surface area contributed by atoms with E-state index in [4.69, 9.17) is 0 Å². The van der Waals surface area contributed by atoms with Crippen molar-refractivity contribution >= 4 is 51.5 Å². The molecular formula is C46H49FN10O4S. The molecule has 3 saturated heterocycles. The van der Waals surface area contributed by atoms with Crippen molar-refractivity contribution in [1.29, 1.82) is 0 Å². The number of imidazole rings is 1. The van der Waals surface area contributed by atoms with Gasteiger partial charge in [-0.05, 0) is 85.2 Å². The second kappa shape index (κ2) is 17.1. The zero-order valence-electron chi connectivity index (χ0n) is 34.4. The summed E-state index contributed by atoms with van der Waals surface area (Å²) in [6.07, 6.45) is 8.05. The number of carbonyl (C=O) groups is 4. The van der Waals surface area contributed by atoms with Crippen LogP contribution in [0.3, 0.4) is 0 Å². The molecular weight excluding hydrogens is 808 g/mol. The van der Waals surface area contributed by atoms with E-state index in [1.54, 1.807) is 24.0 Å². The second-order valence-corrected chi connectivity index (χ2v) is 17.8. The summed E-state index contributed by atoms with van der Waals surface area (Å²) in [6.45, 7) is 7.68. The van der Waals surface area contributed by atoms with E-state index in [-0.39, 0.29) is 35.5 Å². The topological polar surface area (TPSA) is 148 Å². The summed E-state index contributed by atoms with van der Waals surface area (Å²) in [4.78, 5) is 69.4. The van der Waals surface area contributed by atoms with Crippen LogP contribution in [0.2, 0.25) is 0 Å². The second-order valence-electron chi connectivity index (χ2n) is 16.9. The highest BCUT2D eigenvalue weighted by molar-refractivity contribution is 7.13. The Balaban J connectivity index is 0.731. The molecule has 5 aromatic rings. The van der Waals surface area contributed by atoms with Crippen molar-refractivity contribution in [2.24, 2.45) is 0 Å². The first-order chi connectivity index (χ1) is 30.2. The maximum Gasteiger partial charge on any atom is 0.255 e. The fraction of sp³-hybridized carbons (Fsp3) is 0.391. The molecule has 320 valence electrons. The molecule has 10 rings (SSSR count). The Bertz CT molecular complexity index is 2480. The Labute approximate surface area is 363 Å². The number of nitrogens with zero attached hydrogens (tertiary/aromatic N) is 7. The number of carbonyl (C=O) groups excluding carboxylic acids is 4. The van der Waals surface area contributed by atoms with Crippen LogP contribution in [0.5, 0.6) is 0 Å². The highest BCUT2D eigenvalue weighted by Gasteiger charge is 2.42. The van der Waals surface area contributed by atoms with Gasteiger partial charge in [0, 0.05) is 105 Å². The van der Waals surface area contributed by atoms with E-state index in [1.807, 2.05) is 28.8 Å². The summed E-state index contributed by atoms with van der Waals surface area (Å²) < 4.78 is 18.0. The van der Waals surface area contributed by atoms with Crippen molar-refractivity contribution in [3.63, 3.8) is 0 Å². The summed E-state index contributed by atoms with van der Waals surface area (Å²) in [5.74, 6) is -1.76. The number of thiazole rings is 1. The molecule has 2 aromatic heterocycles. The lowest BCUT2D eigenvalue weighted by molar-refractivity contribution is -0.133. The van der Waals surface area contributed by atoms with Crippen LogP contribution in [0, 0.1) is 5.82 Å². The van der Waals surface area contributed by atoms with Crippen LogP contribution >= 0.6 is 11.3 Å². The van der Waals surface area contributed by atoms with E-state index in [1.165, 1.54) is 27.9 Å². The number of aromatic nitrogens is 3. The monoisotopic (exact) mass is 856 g/mol. The molecule has 7 heterocycles. The number of aryl methyl sites for hydroxylation is 1. The molecule has 3 fully saturated rings. The van der Waals surface area contributed by atoms with Gasteiger partial charge in [0.2, 0.25) is 11.8 Å². The SMILES string of the molecule is O=C1CCC(Nc2ccc(CN3CCN(C4CCN(c5ccc(-c6cc(F)c7c(c6)C(=O)N(C(C(=O)Nc6nccs6)c6ncn8c6CCC8)C7)cc5)CC4)CC3)cc2)C(=O)N1. The average molecular weight is 857 g/mol. The number of anilines is 3. The number of piperazine rings is 1. The molecule has 2 atom stereocenters. The van der Waals surface area contributed by atoms with Crippen LogP contribution in [0.15, 0.2) is 78.6 Å². The average Bonchev–Trinajstić information content (AvgIpc) is 4.11. The van der Waals surface area contributed by atoms with Crippen LogP contribution in [0.4, 0.5) is 20.9 Å². The number of piperidine rings is 2. The Morgan fingerprint density at radius 2 is 1.68 bits per heavy atom. The predicted molar refractivity (Wildman–Crippen MR) is 234 cm³/mol. The van der Waals surface area contributed by atoms with Gasteiger partial charge >= 0.3 is 0 Å². The molecule has 2 unspecified atom stereocenters. The number of imide groups is 1. The van der Waals surface area contributed by atoms with Crippen molar-refractivity contribution in [3.8, 4) is 11.1 Å². The van der Waals surface area contributed by atoms with Crippen LogP contribution in [-0.2, 0) is 40.4 Å². The minimum Gasteiger partial charge on any atom is -0.374 e. The van der Waals surface area contributed by atoms with Crippen molar-refractivity contribution in [1.82, 2.24) is 34.6 Å². The van der Waals surface area contributed by atoms with Crippen LogP contribution in [-0.4, -0.2) is 104 Å². The fourth-order valence-electron chi connectivity index (χ4n) is 9.80. The number of hydrogen-bond donors (Lipinski definition) is 3. The molecule has 0 saturated carbocycles. The Hall–Kier alpha value is -5.97. The van der Waals surface area contributed by atoms with Gasteiger partial charge in [-0.25, -0.2) is 14.4 Å². The van der Waals surface area contributed by atoms with Crippen LogP contribution < -0.4 is 20.9 Å². The van der Waals surface area contributed by atoms with E-state index >= 15 is 4.39 Å². The first kappa shape index (κ1) is 40.1. The van der Waals surface area contributed by atoms with Gasteiger partial charge in [0.05, 0.1) is 18.6 Å². The molecule has 0 radical (unpaired) electrons. The molecule has 14 nitrogen and oxygen atoms in total. The molecule has 62 heavy (non-hydrogen) atoms. The lowest BCUT2D eigenvalue weighted by Crippen LogP contribution is -2.53. The third-order valence-corrected chi connectivity index (χ3v) is 13.9. The van der Waals surface area contributed by atoms with Gasteiger partial charge in [-0.15, -0.1) is 11.3 Å². The predicted octanol–water partition coefficient (Wildman–Crippen LogP) is 5.43. The van der Waals surface area contributed by atoms with Crippen LogP contribution in [0.1, 0.15) is 71.0 Å². The zero-order chi connectivity index (χ0) is 42.3. The molecule has 16 heteroatoms. The number of hydrogen-bond acceptors (Lipinski definition) is 11. The van der Waals surface area contributed by atoms with Gasteiger partial charge in [0.1, 0.15) is 11.9 Å². The highest BCUT2D eigenvalue weighted by atomic mass is 32.1. The maximum absolute atomic E-state index is 16.0. The molecule has 4 amide bonds. The summed E-state index contributed by atoms with van der Waals surface area (Å²) in [6, 6.07) is 18.8. The third-order valence-electron chi connectivity index (χ3n) is 13.2. The zero-order valence-corrected chi connectivity index (χ0v) is 35.2. The van der Waals surface area contributed by atoms with Gasteiger partial charge in [-0.2, -0.15) is 0 Å². The minimum absolute atomic E-state index is 0.0311. The molecule has 3 aromatic carbocycles. The lowest BCUT2D eigenvalue weighted by atomic mass is 9.98. The summed E-state index contributed by atoms with van der Waals surface area (Å²) in [5, 5.41) is 10.7. The third kappa shape index (κ3) is 8.09. The Morgan fingerprint density at radius 1 is 0.887 bits per heavy atom. The van der Waals surface area contributed by atoms with E-state index < -0.39 is 23.7 Å². The van der Waals surface area contributed by atoms with E-state index in [9.17, 15) is 19.2 Å². The quantitative estimate of drug-likeness (QED) is 0.147.